The Kier molecular flexibility index (Phi) is 5.53. The quantitative estimate of drug-likeness (QED) is 0.781. The van der Waals surface area contributed by atoms with Crippen LogP contribution in [0.5, 0.6) is 0 Å². The van der Waals surface area contributed by atoms with Crippen LogP contribution in [0.15, 0.2) is 47.3 Å². The standard InChI is InChI=1S/C22H25F3N2O3/c1-14-12-18(26-8-10-30-11-9-26)27(20(16-4-5-16)19(14)21(28)29)13-15-2-6-17(7-3-15)22(23,24)25/h2-3,6-7,12,16,20H,4-5,8-11,13H2,1H3,(H,28,29). The van der Waals surface area contributed by atoms with Crippen molar-refractivity contribution in [2.24, 2.45) is 5.92 Å². The van der Waals surface area contributed by atoms with Crippen LogP contribution in [0.1, 0.15) is 30.9 Å². The average molecular weight is 422 g/mol. The van der Waals surface area contributed by atoms with E-state index in [1.54, 1.807) is 0 Å². The molecule has 162 valence electrons. The van der Waals surface area contributed by atoms with Crippen LogP contribution in [0.4, 0.5) is 13.2 Å². The molecule has 30 heavy (non-hydrogen) atoms. The molecule has 1 saturated heterocycles. The fourth-order valence-corrected chi connectivity index (χ4v) is 4.32. The Morgan fingerprint density at radius 1 is 1.17 bits per heavy atom. The summed E-state index contributed by atoms with van der Waals surface area (Å²) in [6.07, 6.45) is -0.573. The lowest BCUT2D eigenvalue weighted by atomic mass is 9.91. The third-order valence-electron chi connectivity index (χ3n) is 5.96. The number of hydrogen-bond acceptors (Lipinski definition) is 4. The van der Waals surface area contributed by atoms with Gasteiger partial charge in [0.1, 0.15) is 5.82 Å². The zero-order valence-electron chi connectivity index (χ0n) is 16.8. The monoisotopic (exact) mass is 422 g/mol. The van der Waals surface area contributed by atoms with Crippen molar-refractivity contribution in [1.82, 2.24) is 9.80 Å². The summed E-state index contributed by atoms with van der Waals surface area (Å²) < 4.78 is 44.3. The van der Waals surface area contributed by atoms with Crippen LogP contribution in [-0.4, -0.2) is 53.2 Å². The van der Waals surface area contributed by atoms with Gasteiger partial charge < -0.3 is 19.6 Å². The van der Waals surface area contributed by atoms with Crippen molar-refractivity contribution in [3.63, 3.8) is 0 Å². The lowest BCUT2D eigenvalue weighted by Crippen LogP contribution is -2.49. The molecule has 1 aliphatic carbocycles. The Hall–Kier alpha value is -2.48. The minimum Gasteiger partial charge on any atom is -0.478 e. The van der Waals surface area contributed by atoms with Gasteiger partial charge in [-0.15, -0.1) is 0 Å². The SMILES string of the molecule is CC1=C(C(=O)O)C(C2CC2)N(Cc2ccc(C(F)(F)F)cc2)C(N2CCOCC2)=C1. The van der Waals surface area contributed by atoms with Crippen LogP contribution in [0.3, 0.4) is 0 Å². The van der Waals surface area contributed by atoms with Crippen LogP contribution in [0.25, 0.3) is 0 Å². The molecular weight excluding hydrogens is 397 g/mol. The number of halogens is 3. The molecule has 4 rings (SSSR count). The van der Waals surface area contributed by atoms with Crippen molar-refractivity contribution in [2.45, 2.75) is 38.5 Å². The van der Waals surface area contributed by atoms with Gasteiger partial charge in [-0.3, -0.25) is 0 Å². The summed E-state index contributed by atoms with van der Waals surface area (Å²) in [7, 11) is 0. The number of carboxylic acids is 1. The van der Waals surface area contributed by atoms with Crippen molar-refractivity contribution in [3.8, 4) is 0 Å². The van der Waals surface area contributed by atoms with Crippen LogP contribution in [0.2, 0.25) is 0 Å². The average Bonchev–Trinajstić information content (AvgIpc) is 3.54. The van der Waals surface area contributed by atoms with Crippen molar-refractivity contribution in [1.29, 1.82) is 0 Å². The second-order valence-electron chi connectivity index (χ2n) is 8.11. The number of morpholine rings is 1. The van der Waals surface area contributed by atoms with E-state index >= 15 is 0 Å². The molecule has 2 heterocycles. The van der Waals surface area contributed by atoms with Crippen LogP contribution in [-0.2, 0) is 22.3 Å². The van der Waals surface area contributed by atoms with Gasteiger partial charge in [0.2, 0.25) is 0 Å². The first-order valence-electron chi connectivity index (χ1n) is 10.2. The molecule has 0 aromatic heterocycles. The number of rotatable bonds is 5. The number of ether oxygens (including phenoxy) is 1. The normalized spacial score (nSPS) is 22.9. The molecule has 0 radical (unpaired) electrons. The molecule has 3 aliphatic rings. The maximum atomic E-state index is 12.9. The third kappa shape index (κ3) is 4.19. The lowest BCUT2D eigenvalue weighted by molar-refractivity contribution is -0.137. The highest BCUT2D eigenvalue weighted by atomic mass is 19.4. The first-order chi connectivity index (χ1) is 14.3. The molecule has 8 heteroatoms. The van der Waals surface area contributed by atoms with Gasteiger partial charge in [-0.05, 0) is 55.0 Å². The fourth-order valence-electron chi connectivity index (χ4n) is 4.32. The largest absolute Gasteiger partial charge is 0.478 e. The van der Waals surface area contributed by atoms with Crippen LogP contribution < -0.4 is 0 Å². The van der Waals surface area contributed by atoms with Gasteiger partial charge >= 0.3 is 12.1 Å². The minimum absolute atomic E-state index is 0.241. The first-order valence-corrected chi connectivity index (χ1v) is 10.2. The van der Waals surface area contributed by atoms with E-state index in [1.807, 2.05) is 13.0 Å². The summed E-state index contributed by atoms with van der Waals surface area (Å²) >= 11 is 0. The molecule has 1 saturated carbocycles. The second-order valence-corrected chi connectivity index (χ2v) is 8.11. The van der Waals surface area contributed by atoms with Crippen molar-refractivity contribution < 1.29 is 27.8 Å². The highest BCUT2D eigenvalue weighted by Crippen LogP contribution is 2.44. The van der Waals surface area contributed by atoms with E-state index < -0.39 is 17.7 Å². The molecule has 1 N–H and O–H groups in total. The van der Waals surface area contributed by atoms with Crippen molar-refractivity contribution >= 4 is 5.97 Å². The molecule has 0 spiro atoms. The number of aliphatic carboxylic acids is 1. The number of benzene rings is 1. The first kappa shape index (κ1) is 20.8. The zero-order valence-corrected chi connectivity index (χ0v) is 16.8. The molecule has 1 aromatic rings. The number of alkyl halides is 3. The molecule has 1 atom stereocenters. The van der Waals surface area contributed by atoms with Gasteiger partial charge in [0.15, 0.2) is 0 Å². The lowest BCUT2D eigenvalue weighted by Gasteiger charge is -2.45. The smallest absolute Gasteiger partial charge is 0.416 e. The summed E-state index contributed by atoms with van der Waals surface area (Å²) in [4.78, 5) is 16.3. The van der Waals surface area contributed by atoms with Crippen LogP contribution in [0, 0.1) is 5.92 Å². The van der Waals surface area contributed by atoms with E-state index in [2.05, 4.69) is 9.80 Å². The molecule has 2 fully saturated rings. The predicted octanol–water partition coefficient (Wildman–Crippen LogP) is 3.87. The Morgan fingerprint density at radius 2 is 1.80 bits per heavy atom. The summed E-state index contributed by atoms with van der Waals surface area (Å²) in [5.74, 6) is 0.238. The molecule has 0 amide bonds. The zero-order chi connectivity index (χ0) is 21.5. The number of carboxylic acid groups (broad SMARTS) is 1. The van der Waals surface area contributed by atoms with Gasteiger partial charge in [0, 0.05) is 19.6 Å². The second kappa shape index (κ2) is 7.98. The van der Waals surface area contributed by atoms with E-state index in [1.165, 1.54) is 12.1 Å². The molecule has 1 unspecified atom stereocenters. The molecular formula is C22H25F3N2O3. The van der Waals surface area contributed by atoms with E-state index in [4.69, 9.17) is 4.74 Å². The Bertz CT molecular complexity index is 867. The summed E-state index contributed by atoms with van der Waals surface area (Å²) in [6, 6.07) is 4.85. The number of allylic oxidation sites excluding steroid dienone is 2. The van der Waals surface area contributed by atoms with Gasteiger partial charge in [-0.2, -0.15) is 13.2 Å². The number of carbonyl (C=O) groups is 1. The molecule has 2 aliphatic heterocycles. The predicted molar refractivity (Wildman–Crippen MR) is 104 cm³/mol. The Labute approximate surface area is 173 Å². The molecule has 5 nitrogen and oxygen atoms in total. The van der Waals surface area contributed by atoms with Crippen LogP contribution >= 0.6 is 0 Å². The molecule has 1 aromatic carbocycles. The van der Waals surface area contributed by atoms with Gasteiger partial charge in [0.05, 0.1) is 30.4 Å². The topological polar surface area (TPSA) is 53.0 Å². The van der Waals surface area contributed by atoms with Gasteiger partial charge in [-0.1, -0.05) is 12.1 Å². The third-order valence-corrected chi connectivity index (χ3v) is 5.96. The molecule has 0 bridgehead atoms. The summed E-state index contributed by atoms with van der Waals surface area (Å²) in [6.45, 7) is 4.76. The maximum Gasteiger partial charge on any atom is 0.416 e. The minimum atomic E-state index is -4.38. The Morgan fingerprint density at radius 3 is 2.33 bits per heavy atom. The van der Waals surface area contributed by atoms with E-state index in [0.717, 1.165) is 41.9 Å². The summed E-state index contributed by atoms with van der Waals surface area (Å²) in [5.41, 5.74) is 1.16. The summed E-state index contributed by atoms with van der Waals surface area (Å²) in [5, 5.41) is 9.89. The fraction of sp³-hybridized carbons (Fsp3) is 0.500. The van der Waals surface area contributed by atoms with E-state index in [-0.39, 0.29) is 12.0 Å². The maximum absolute atomic E-state index is 12.9. The van der Waals surface area contributed by atoms with E-state index in [9.17, 15) is 23.1 Å². The van der Waals surface area contributed by atoms with Gasteiger partial charge in [-0.25, -0.2) is 4.79 Å². The van der Waals surface area contributed by atoms with Gasteiger partial charge in [0.25, 0.3) is 0 Å². The highest BCUT2D eigenvalue weighted by Gasteiger charge is 2.44. The number of nitrogens with zero attached hydrogens (tertiary/aromatic N) is 2. The number of hydrogen-bond donors (Lipinski definition) is 1. The highest BCUT2D eigenvalue weighted by molar-refractivity contribution is 5.90. The van der Waals surface area contributed by atoms with Crippen molar-refractivity contribution in [3.05, 3.63) is 58.4 Å². The van der Waals surface area contributed by atoms with Crippen molar-refractivity contribution in [2.75, 3.05) is 26.3 Å². The van der Waals surface area contributed by atoms with E-state index in [0.29, 0.717) is 38.4 Å². The Balaban J connectivity index is 1.69.